The van der Waals surface area contributed by atoms with Gasteiger partial charge in [0, 0.05) is 34.9 Å². The summed E-state index contributed by atoms with van der Waals surface area (Å²) >= 11 is 13.0. The number of alkyl halides is 1. The summed E-state index contributed by atoms with van der Waals surface area (Å²) in [6.45, 7) is 2.10. The van der Waals surface area contributed by atoms with E-state index in [1.54, 1.807) is 0 Å². The lowest BCUT2D eigenvalue weighted by Gasteiger charge is -2.31. The topological polar surface area (TPSA) is 15.6 Å². The molecule has 136 valence electrons. The molecule has 4 rings (SSSR count). The van der Waals surface area contributed by atoms with Crippen molar-refractivity contribution in [3.05, 3.63) is 101 Å². The maximum Gasteiger partial charge on any atom is 0.0740 e. The second-order valence-corrected chi connectivity index (χ2v) is 7.73. The summed E-state index contributed by atoms with van der Waals surface area (Å²) in [6.07, 6.45) is 0. The fourth-order valence-electron chi connectivity index (χ4n) is 3.44. The van der Waals surface area contributed by atoms with Crippen LogP contribution < -0.4 is 4.90 Å². The third-order valence-corrected chi connectivity index (χ3v) is 5.20. The molecule has 1 heterocycles. The lowest BCUT2D eigenvalue weighted by molar-refractivity contribution is 0.737. The minimum absolute atomic E-state index is 0.0590. The molecule has 0 bridgehead atoms. The van der Waals surface area contributed by atoms with Crippen LogP contribution in [0, 0.1) is 0 Å². The summed E-state index contributed by atoms with van der Waals surface area (Å²) in [5, 5.41) is 0.649. The van der Waals surface area contributed by atoms with Crippen LogP contribution in [0.2, 0.25) is 5.02 Å². The van der Waals surface area contributed by atoms with Crippen LogP contribution in [0.15, 0.2) is 83.9 Å². The number of hydrogen-bond donors (Lipinski definition) is 0. The van der Waals surface area contributed by atoms with Crippen LogP contribution in [-0.4, -0.2) is 24.2 Å². The average Bonchev–Trinajstić information content (AvgIpc) is 2.68. The van der Waals surface area contributed by atoms with Gasteiger partial charge >= 0.3 is 0 Å². The molecule has 0 aromatic heterocycles. The largest absolute Gasteiger partial charge is 0.365 e. The smallest absolute Gasteiger partial charge is 0.0740 e. The first kappa shape index (κ1) is 18.1. The van der Waals surface area contributed by atoms with Crippen LogP contribution in [0.5, 0.6) is 0 Å². The number of hydrogen-bond acceptors (Lipinski definition) is 2. The van der Waals surface area contributed by atoms with Gasteiger partial charge in [-0.3, -0.25) is 4.99 Å². The van der Waals surface area contributed by atoms with Gasteiger partial charge in [-0.05, 0) is 23.8 Å². The zero-order valence-corrected chi connectivity index (χ0v) is 16.4. The number of rotatable bonds is 3. The Hall–Kier alpha value is -2.29. The lowest BCUT2D eigenvalue weighted by atomic mass is 9.98. The third kappa shape index (κ3) is 4.18. The molecule has 3 aromatic rings. The van der Waals surface area contributed by atoms with E-state index in [4.69, 9.17) is 28.2 Å². The summed E-state index contributed by atoms with van der Waals surface area (Å²) in [7, 11) is 0. The molecule has 0 fully saturated rings. The van der Waals surface area contributed by atoms with E-state index in [0.29, 0.717) is 11.6 Å². The van der Waals surface area contributed by atoms with E-state index < -0.39 is 0 Å². The quantitative estimate of drug-likeness (QED) is 0.512. The standard InChI is InChI=1S/C23H20Cl2N2/c24-19-11-12-22-21(13-19)23(18-9-5-2-6-10-18)26-14-20(25)16-27(22)15-17-7-3-1-4-8-17/h1-13,20H,14-16H2. The molecule has 2 nitrogen and oxygen atoms in total. The number of nitrogens with zero attached hydrogens (tertiary/aromatic N) is 2. The van der Waals surface area contributed by atoms with Crippen molar-refractivity contribution < 1.29 is 0 Å². The molecule has 27 heavy (non-hydrogen) atoms. The van der Waals surface area contributed by atoms with Gasteiger partial charge in [0.2, 0.25) is 0 Å². The molecule has 1 unspecified atom stereocenters. The summed E-state index contributed by atoms with van der Waals surface area (Å²) in [5.41, 5.74) is 5.42. The van der Waals surface area contributed by atoms with Gasteiger partial charge in [-0.1, -0.05) is 72.3 Å². The Morgan fingerprint density at radius 3 is 2.37 bits per heavy atom. The minimum Gasteiger partial charge on any atom is -0.365 e. The lowest BCUT2D eigenvalue weighted by Crippen LogP contribution is -2.34. The molecule has 0 saturated heterocycles. The minimum atomic E-state index is -0.0590. The second-order valence-electron chi connectivity index (χ2n) is 6.68. The van der Waals surface area contributed by atoms with Crippen molar-refractivity contribution in [2.24, 2.45) is 4.99 Å². The van der Waals surface area contributed by atoms with Crippen LogP contribution in [-0.2, 0) is 6.54 Å². The van der Waals surface area contributed by atoms with E-state index >= 15 is 0 Å². The number of anilines is 1. The fraction of sp³-hybridized carbons (Fsp3) is 0.174. The first-order chi connectivity index (χ1) is 13.2. The molecule has 0 aliphatic carbocycles. The van der Waals surface area contributed by atoms with Crippen LogP contribution >= 0.6 is 23.2 Å². The van der Waals surface area contributed by atoms with Crippen molar-refractivity contribution in [1.82, 2.24) is 0 Å². The fourth-order valence-corrected chi connectivity index (χ4v) is 3.85. The SMILES string of the molecule is Clc1ccc2c(c1)C(c1ccccc1)=NCC(Cl)CN2Cc1ccccc1. The predicted octanol–water partition coefficient (Wildman–Crippen LogP) is 5.81. The Morgan fingerprint density at radius 1 is 0.926 bits per heavy atom. The van der Waals surface area contributed by atoms with Crippen molar-refractivity contribution in [3.63, 3.8) is 0 Å². The number of aliphatic imine (C=N–C) groups is 1. The van der Waals surface area contributed by atoms with Gasteiger partial charge in [-0.15, -0.1) is 11.6 Å². The Balaban J connectivity index is 1.82. The van der Waals surface area contributed by atoms with Crippen LogP contribution in [0.3, 0.4) is 0 Å². The van der Waals surface area contributed by atoms with Gasteiger partial charge in [0.05, 0.1) is 17.6 Å². The summed E-state index contributed by atoms with van der Waals surface area (Å²) < 4.78 is 0. The van der Waals surface area contributed by atoms with E-state index in [1.807, 2.05) is 36.4 Å². The number of fused-ring (bicyclic) bond motifs is 1. The Kier molecular flexibility index (Phi) is 5.47. The number of benzene rings is 3. The van der Waals surface area contributed by atoms with E-state index in [0.717, 1.165) is 35.6 Å². The monoisotopic (exact) mass is 394 g/mol. The average molecular weight is 395 g/mol. The summed E-state index contributed by atoms with van der Waals surface area (Å²) in [5.74, 6) is 0. The molecule has 0 saturated carbocycles. The molecule has 0 amide bonds. The Labute approximate surface area is 170 Å². The maximum absolute atomic E-state index is 6.63. The van der Waals surface area contributed by atoms with Crippen molar-refractivity contribution in [1.29, 1.82) is 0 Å². The molecule has 3 aromatic carbocycles. The number of halogens is 2. The van der Waals surface area contributed by atoms with Gasteiger partial charge in [0.25, 0.3) is 0 Å². The zero-order chi connectivity index (χ0) is 18.6. The maximum atomic E-state index is 6.63. The molecule has 0 spiro atoms. The van der Waals surface area contributed by atoms with Crippen molar-refractivity contribution in [2.45, 2.75) is 11.9 Å². The molecule has 1 atom stereocenters. The molecule has 1 aliphatic rings. The highest BCUT2D eigenvalue weighted by atomic mass is 35.5. The first-order valence-corrected chi connectivity index (χ1v) is 9.85. The molecule has 4 heteroatoms. The zero-order valence-electron chi connectivity index (χ0n) is 14.9. The van der Waals surface area contributed by atoms with E-state index in [1.165, 1.54) is 5.56 Å². The predicted molar refractivity (Wildman–Crippen MR) is 116 cm³/mol. The highest BCUT2D eigenvalue weighted by Gasteiger charge is 2.22. The van der Waals surface area contributed by atoms with Crippen LogP contribution in [0.1, 0.15) is 16.7 Å². The summed E-state index contributed by atoms with van der Waals surface area (Å²) in [6, 6.07) is 26.7. The second kappa shape index (κ2) is 8.16. The first-order valence-electron chi connectivity index (χ1n) is 9.03. The van der Waals surface area contributed by atoms with Crippen LogP contribution in [0.4, 0.5) is 5.69 Å². The molecule has 0 radical (unpaired) electrons. The highest BCUT2D eigenvalue weighted by Crippen LogP contribution is 2.30. The third-order valence-electron chi connectivity index (χ3n) is 4.68. The van der Waals surface area contributed by atoms with E-state index in [9.17, 15) is 0 Å². The summed E-state index contributed by atoms with van der Waals surface area (Å²) in [4.78, 5) is 7.19. The van der Waals surface area contributed by atoms with Crippen molar-refractivity contribution >= 4 is 34.6 Å². The van der Waals surface area contributed by atoms with Gasteiger partial charge in [-0.25, -0.2) is 0 Å². The van der Waals surface area contributed by atoms with Gasteiger partial charge < -0.3 is 4.90 Å². The molecule has 0 N–H and O–H groups in total. The van der Waals surface area contributed by atoms with Gasteiger partial charge in [0.1, 0.15) is 0 Å². The van der Waals surface area contributed by atoms with Crippen LogP contribution in [0.25, 0.3) is 0 Å². The highest BCUT2D eigenvalue weighted by molar-refractivity contribution is 6.31. The Morgan fingerprint density at radius 2 is 1.63 bits per heavy atom. The van der Waals surface area contributed by atoms with Crippen molar-refractivity contribution in [2.75, 3.05) is 18.0 Å². The molecular formula is C23H20Cl2N2. The van der Waals surface area contributed by atoms with E-state index in [2.05, 4.69) is 47.4 Å². The van der Waals surface area contributed by atoms with E-state index in [-0.39, 0.29) is 5.38 Å². The van der Waals surface area contributed by atoms with Gasteiger partial charge in [-0.2, -0.15) is 0 Å². The van der Waals surface area contributed by atoms with Gasteiger partial charge in [0.15, 0.2) is 0 Å². The normalized spacial score (nSPS) is 16.9. The molecule has 1 aliphatic heterocycles. The van der Waals surface area contributed by atoms with Crippen molar-refractivity contribution in [3.8, 4) is 0 Å². The Bertz CT molecular complexity index is 939. The molecular weight excluding hydrogens is 375 g/mol.